The number of benzene rings is 2. The maximum atomic E-state index is 12.4. The molecule has 3 rings (SSSR count). The van der Waals surface area contributed by atoms with Gasteiger partial charge in [-0.25, -0.2) is 0 Å². The molecule has 0 radical (unpaired) electrons. The van der Waals surface area contributed by atoms with Crippen molar-refractivity contribution in [3.63, 3.8) is 0 Å². The molecule has 0 saturated carbocycles. The van der Waals surface area contributed by atoms with Crippen LogP contribution in [0.2, 0.25) is 0 Å². The van der Waals surface area contributed by atoms with Crippen LogP contribution in [0.15, 0.2) is 48.5 Å². The summed E-state index contributed by atoms with van der Waals surface area (Å²) in [5, 5.41) is 3.10. The lowest BCUT2D eigenvalue weighted by atomic mass is 9.97. The van der Waals surface area contributed by atoms with Gasteiger partial charge in [-0.3, -0.25) is 9.69 Å². The monoisotopic (exact) mass is 394 g/mol. The zero-order chi connectivity index (χ0) is 20.6. The van der Waals surface area contributed by atoms with Crippen LogP contribution in [-0.4, -0.2) is 37.0 Å². The van der Waals surface area contributed by atoms with Gasteiger partial charge >= 0.3 is 0 Å². The van der Waals surface area contributed by atoms with Crippen molar-refractivity contribution in [2.24, 2.45) is 0 Å². The van der Waals surface area contributed by atoms with Crippen molar-refractivity contribution >= 4 is 5.91 Å². The van der Waals surface area contributed by atoms with Crippen molar-refractivity contribution in [2.45, 2.75) is 52.0 Å². The minimum absolute atomic E-state index is 0.0441. The number of amides is 1. The molecule has 29 heavy (non-hydrogen) atoms. The maximum absolute atomic E-state index is 12.4. The second kappa shape index (κ2) is 10.4. The number of ether oxygens (including phenoxy) is 1. The average molecular weight is 395 g/mol. The molecule has 0 aromatic heterocycles. The summed E-state index contributed by atoms with van der Waals surface area (Å²) in [6, 6.07) is 16.9. The molecule has 1 amide bonds. The van der Waals surface area contributed by atoms with Crippen molar-refractivity contribution in [2.75, 3.05) is 26.2 Å². The highest BCUT2D eigenvalue weighted by atomic mass is 16.5. The van der Waals surface area contributed by atoms with Gasteiger partial charge in [0, 0.05) is 6.54 Å². The molecule has 2 aromatic rings. The Bertz CT molecular complexity index is 780. The minimum atomic E-state index is -0.0766. The van der Waals surface area contributed by atoms with E-state index in [-0.39, 0.29) is 18.6 Å². The van der Waals surface area contributed by atoms with E-state index in [1.807, 2.05) is 31.2 Å². The van der Waals surface area contributed by atoms with Crippen molar-refractivity contribution in [3.8, 4) is 5.75 Å². The van der Waals surface area contributed by atoms with E-state index in [0.717, 1.165) is 24.4 Å². The molecular formula is C25H34N2O2. The number of aryl methyl sites for hydroxylation is 1. The van der Waals surface area contributed by atoms with Crippen LogP contribution in [0.1, 0.15) is 61.8 Å². The summed E-state index contributed by atoms with van der Waals surface area (Å²) in [4.78, 5) is 14.9. The van der Waals surface area contributed by atoms with E-state index in [4.69, 9.17) is 4.74 Å². The second-order valence-electron chi connectivity index (χ2n) is 8.34. The summed E-state index contributed by atoms with van der Waals surface area (Å²) in [5.74, 6) is 1.18. The molecular weight excluding hydrogens is 360 g/mol. The van der Waals surface area contributed by atoms with Gasteiger partial charge in [-0.1, -0.05) is 56.7 Å². The molecule has 1 N–H and O–H groups in total. The highest BCUT2D eigenvalue weighted by Gasteiger charge is 2.23. The molecule has 0 bridgehead atoms. The van der Waals surface area contributed by atoms with Crippen LogP contribution in [0.4, 0.5) is 0 Å². The van der Waals surface area contributed by atoms with E-state index < -0.39 is 0 Å². The molecule has 0 unspecified atom stereocenters. The van der Waals surface area contributed by atoms with Gasteiger partial charge in [0.2, 0.25) is 0 Å². The smallest absolute Gasteiger partial charge is 0.258 e. The molecule has 1 fully saturated rings. The number of likely N-dealkylation sites (tertiary alicyclic amines) is 1. The zero-order valence-electron chi connectivity index (χ0n) is 18.0. The number of carbonyl (C=O) groups is 1. The number of carbonyl (C=O) groups excluding carboxylic acids is 1. The Morgan fingerprint density at radius 2 is 1.72 bits per heavy atom. The van der Waals surface area contributed by atoms with Gasteiger partial charge in [0.05, 0.1) is 6.04 Å². The molecule has 1 saturated heterocycles. The third kappa shape index (κ3) is 6.33. The highest BCUT2D eigenvalue weighted by molar-refractivity contribution is 5.77. The molecule has 1 atom stereocenters. The summed E-state index contributed by atoms with van der Waals surface area (Å²) in [5.41, 5.74) is 3.75. The third-order valence-corrected chi connectivity index (χ3v) is 5.67. The van der Waals surface area contributed by atoms with Crippen LogP contribution in [0.5, 0.6) is 5.75 Å². The van der Waals surface area contributed by atoms with Gasteiger partial charge in [-0.15, -0.1) is 0 Å². The molecule has 4 nitrogen and oxygen atoms in total. The first-order valence-corrected chi connectivity index (χ1v) is 10.8. The fourth-order valence-electron chi connectivity index (χ4n) is 3.91. The van der Waals surface area contributed by atoms with E-state index in [0.29, 0.717) is 12.5 Å². The van der Waals surface area contributed by atoms with Gasteiger partial charge in [0.15, 0.2) is 6.61 Å². The quantitative estimate of drug-likeness (QED) is 0.696. The molecule has 4 heteroatoms. The van der Waals surface area contributed by atoms with E-state index in [9.17, 15) is 4.79 Å². The Balaban J connectivity index is 1.61. The van der Waals surface area contributed by atoms with Gasteiger partial charge in [-0.2, -0.15) is 0 Å². The minimum Gasteiger partial charge on any atom is -0.484 e. The van der Waals surface area contributed by atoms with Gasteiger partial charge in [-0.05, 0) is 67.6 Å². The van der Waals surface area contributed by atoms with E-state index >= 15 is 0 Å². The number of hydrogen-bond donors (Lipinski definition) is 1. The molecule has 0 aliphatic carbocycles. The Morgan fingerprint density at radius 3 is 2.38 bits per heavy atom. The fraction of sp³-hybridized carbons (Fsp3) is 0.480. The maximum Gasteiger partial charge on any atom is 0.258 e. The highest BCUT2D eigenvalue weighted by Crippen LogP contribution is 2.26. The van der Waals surface area contributed by atoms with E-state index in [1.165, 1.54) is 30.4 Å². The first-order valence-electron chi connectivity index (χ1n) is 10.8. The summed E-state index contributed by atoms with van der Waals surface area (Å²) in [6.07, 6.45) is 3.75. The van der Waals surface area contributed by atoms with Crippen LogP contribution in [0.25, 0.3) is 0 Å². The largest absolute Gasteiger partial charge is 0.484 e. The Labute approximate surface area is 175 Å². The summed E-state index contributed by atoms with van der Waals surface area (Å²) < 4.78 is 5.65. The van der Waals surface area contributed by atoms with E-state index in [2.05, 4.69) is 48.3 Å². The molecule has 1 aliphatic heterocycles. The molecule has 1 heterocycles. The Hall–Kier alpha value is -2.33. The molecule has 156 valence electrons. The zero-order valence-corrected chi connectivity index (χ0v) is 18.0. The predicted molar refractivity (Wildman–Crippen MR) is 118 cm³/mol. The third-order valence-electron chi connectivity index (χ3n) is 5.67. The topological polar surface area (TPSA) is 41.6 Å². The number of nitrogens with one attached hydrogen (secondary N) is 1. The van der Waals surface area contributed by atoms with Gasteiger partial charge in [0.25, 0.3) is 5.91 Å². The van der Waals surface area contributed by atoms with Gasteiger partial charge in [0.1, 0.15) is 5.75 Å². The lowest BCUT2D eigenvalue weighted by Crippen LogP contribution is -2.41. The van der Waals surface area contributed by atoms with Crippen LogP contribution in [0, 0.1) is 6.92 Å². The van der Waals surface area contributed by atoms with Gasteiger partial charge < -0.3 is 10.1 Å². The Kier molecular flexibility index (Phi) is 7.70. The molecule has 0 spiro atoms. The number of hydrogen-bond acceptors (Lipinski definition) is 3. The SMILES string of the molecule is Cc1cccc(OCC(=O)NC[C@H](c2ccc(C(C)C)cc2)N2CCCCC2)c1. The Morgan fingerprint density at radius 1 is 1.03 bits per heavy atom. The summed E-state index contributed by atoms with van der Waals surface area (Å²) in [7, 11) is 0. The molecule has 1 aliphatic rings. The lowest BCUT2D eigenvalue weighted by molar-refractivity contribution is -0.123. The fourth-order valence-corrected chi connectivity index (χ4v) is 3.91. The first kappa shape index (κ1) is 21.4. The summed E-state index contributed by atoms with van der Waals surface area (Å²) >= 11 is 0. The van der Waals surface area contributed by atoms with Crippen molar-refractivity contribution < 1.29 is 9.53 Å². The molecule has 2 aromatic carbocycles. The van der Waals surface area contributed by atoms with Crippen LogP contribution < -0.4 is 10.1 Å². The average Bonchev–Trinajstić information content (AvgIpc) is 2.73. The normalized spacial score (nSPS) is 15.9. The summed E-state index contributed by atoms with van der Waals surface area (Å²) in [6.45, 7) is 9.27. The second-order valence-corrected chi connectivity index (χ2v) is 8.34. The standard InChI is InChI=1S/C25H34N2O2/c1-19(2)21-10-12-22(13-11-21)24(27-14-5-4-6-15-27)17-26-25(28)18-29-23-9-7-8-20(3)16-23/h7-13,16,19,24H,4-6,14-15,17-18H2,1-3H3,(H,26,28)/t24-/m1/s1. The van der Waals surface area contributed by atoms with E-state index in [1.54, 1.807) is 0 Å². The van der Waals surface area contributed by atoms with Crippen molar-refractivity contribution in [1.82, 2.24) is 10.2 Å². The van der Waals surface area contributed by atoms with Crippen molar-refractivity contribution in [3.05, 3.63) is 65.2 Å². The van der Waals surface area contributed by atoms with Crippen LogP contribution >= 0.6 is 0 Å². The number of piperidine rings is 1. The predicted octanol–water partition coefficient (Wildman–Crippen LogP) is 4.84. The first-order chi connectivity index (χ1) is 14.0. The van der Waals surface area contributed by atoms with Crippen molar-refractivity contribution in [1.29, 1.82) is 0 Å². The number of nitrogens with zero attached hydrogens (tertiary/aromatic N) is 1. The number of rotatable bonds is 8. The van der Waals surface area contributed by atoms with Crippen LogP contribution in [0.3, 0.4) is 0 Å². The lowest BCUT2D eigenvalue weighted by Gasteiger charge is -2.35. The van der Waals surface area contributed by atoms with Crippen LogP contribution in [-0.2, 0) is 4.79 Å².